The summed E-state index contributed by atoms with van der Waals surface area (Å²) in [5.74, 6) is 1.23. The molecule has 2 aliphatic rings. The Morgan fingerprint density at radius 3 is 2.93 bits per heavy atom. The van der Waals surface area contributed by atoms with Crippen molar-refractivity contribution >= 4 is 11.4 Å². The Labute approximate surface area is 82.2 Å². The number of ether oxygens (including phenoxy) is 1. The monoisotopic (exact) mass is 186 g/mol. The number of rotatable bonds is 0. The Kier molecular flexibility index (Phi) is 1.51. The lowest BCUT2D eigenvalue weighted by atomic mass is 9.99. The van der Waals surface area contributed by atoms with E-state index in [1.165, 1.54) is 11.1 Å². The molecule has 2 nitrogen and oxygen atoms in total. The number of carbonyl (C=O) groups excluding carboxylic acids is 1. The Morgan fingerprint density at radius 1 is 1.14 bits per heavy atom. The third-order valence-electron chi connectivity index (χ3n) is 2.83. The zero-order valence-corrected chi connectivity index (χ0v) is 7.75. The van der Waals surface area contributed by atoms with Crippen molar-refractivity contribution in [2.24, 2.45) is 0 Å². The van der Waals surface area contributed by atoms with Crippen LogP contribution < -0.4 is 4.74 Å². The summed E-state index contributed by atoms with van der Waals surface area (Å²) in [6.45, 7) is 0.595. The van der Waals surface area contributed by atoms with Gasteiger partial charge in [-0.3, -0.25) is 4.79 Å². The molecule has 1 heterocycles. The zero-order valence-electron chi connectivity index (χ0n) is 7.75. The van der Waals surface area contributed by atoms with Gasteiger partial charge in [0.1, 0.15) is 18.1 Å². The van der Waals surface area contributed by atoms with Crippen LogP contribution in [0.2, 0.25) is 0 Å². The number of benzene rings is 1. The second-order valence-electron chi connectivity index (χ2n) is 3.76. The van der Waals surface area contributed by atoms with Gasteiger partial charge >= 0.3 is 0 Å². The minimum atomic E-state index is 0.315. The highest BCUT2D eigenvalue weighted by molar-refractivity contribution is 6.00. The molecule has 0 radical (unpaired) electrons. The maximum atomic E-state index is 11.3. The van der Waals surface area contributed by atoms with Gasteiger partial charge in [0.05, 0.1) is 0 Å². The first-order chi connectivity index (χ1) is 6.84. The number of allylic oxidation sites excluding steroid dienone is 1. The third kappa shape index (κ3) is 1.00. The van der Waals surface area contributed by atoms with Crippen molar-refractivity contribution in [1.29, 1.82) is 0 Å². The summed E-state index contributed by atoms with van der Waals surface area (Å²) in [6.07, 6.45) is 1.18. The van der Waals surface area contributed by atoms with Crippen molar-refractivity contribution in [1.82, 2.24) is 0 Å². The molecule has 0 fully saturated rings. The summed E-state index contributed by atoms with van der Waals surface area (Å²) in [7, 11) is 0. The van der Waals surface area contributed by atoms with E-state index in [9.17, 15) is 4.79 Å². The standard InChI is InChI=1S/C12H10O2/c13-9-5-8-7-14-12-4-2-1-3-10(12)11(8)6-9/h1-4H,5-7H2. The fraction of sp³-hybridized carbons (Fsp3) is 0.250. The van der Waals surface area contributed by atoms with Gasteiger partial charge in [-0.05, 0) is 17.2 Å². The molecule has 0 amide bonds. The molecule has 0 bridgehead atoms. The maximum Gasteiger partial charge on any atom is 0.141 e. The summed E-state index contributed by atoms with van der Waals surface area (Å²) >= 11 is 0. The van der Waals surface area contributed by atoms with Crippen molar-refractivity contribution in [3.8, 4) is 5.75 Å². The van der Waals surface area contributed by atoms with E-state index in [1.807, 2.05) is 24.3 Å². The van der Waals surface area contributed by atoms with Crippen LogP contribution in [-0.2, 0) is 4.79 Å². The van der Waals surface area contributed by atoms with Crippen LogP contribution in [0.5, 0.6) is 5.75 Å². The van der Waals surface area contributed by atoms with Crippen LogP contribution in [0.4, 0.5) is 0 Å². The average Bonchev–Trinajstić information content (AvgIpc) is 2.59. The van der Waals surface area contributed by atoms with Crippen molar-refractivity contribution < 1.29 is 9.53 Å². The fourth-order valence-corrected chi connectivity index (χ4v) is 2.16. The number of Topliss-reactive ketones (excluding diaryl/α,β-unsaturated/α-hetero) is 1. The predicted molar refractivity (Wildman–Crippen MR) is 53.1 cm³/mol. The van der Waals surface area contributed by atoms with E-state index in [1.54, 1.807) is 0 Å². The van der Waals surface area contributed by atoms with Crippen molar-refractivity contribution in [2.75, 3.05) is 6.61 Å². The predicted octanol–water partition coefficient (Wildman–Crippen LogP) is 2.20. The van der Waals surface area contributed by atoms with Crippen LogP contribution in [0.1, 0.15) is 18.4 Å². The quantitative estimate of drug-likeness (QED) is 0.620. The summed E-state index contributed by atoms with van der Waals surface area (Å²) in [5, 5.41) is 0. The van der Waals surface area contributed by atoms with E-state index in [2.05, 4.69) is 0 Å². The van der Waals surface area contributed by atoms with Gasteiger partial charge in [0.2, 0.25) is 0 Å². The van der Waals surface area contributed by atoms with Gasteiger partial charge < -0.3 is 4.74 Å². The van der Waals surface area contributed by atoms with Gasteiger partial charge in [0, 0.05) is 18.4 Å². The molecule has 1 aliphatic heterocycles. The molecule has 70 valence electrons. The van der Waals surface area contributed by atoms with Crippen molar-refractivity contribution in [2.45, 2.75) is 12.8 Å². The van der Waals surface area contributed by atoms with E-state index in [0.717, 1.165) is 11.3 Å². The molecule has 1 aromatic rings. The first kappa shape index (κ1) is 7.80. The van der Waals surface area contributed by atoms with Crippen molar-refractivity contribution in [3.05, 3.63) is 35.4 Å². The Hall–Kier alpha value is -1.57. The number of hydrogen-bond acceptors (Lipinski definition) is 2. The molecule has 0 saturated heterocycles. The Morgan fingerprint density at radius 2 is 2.00 bits per heavy atom. The maximum absolute atomic E-state index is 11.3. The summed E-state index contributed by atoms with van der Waals surface area (Å²) < 4.78 is 5.58. The van der Waals surface area contributed by atoms with Crippen LogP contribution >= 0.6 is 0 Å². The molecule has 1 aliphatic carbocycles. The molecule has 1 aromatic carbocycles. The molecular weight excluding hydrogens is 176 g/mol. The van der Waals surface area contributed by atoms with Crippen LogP contribution in [0.15, 0.2) is 29.8 Å². The highest BCUT2D eigenvalue weighted by Crippen LogP contribution is 2.39. The van der Waals surface area contributed by atoms with E-state index >= 15 is 0 Å². The third-order valence-corrected chi connectivity index (χ3v) is 2.83. The molecule has 14 heavy (non-hydrogen) atoms. The van der Waals surface area contributed by atoms with Crippen LogP contribution in [-0.4, -0.2) is 12.4 Å². The minimum Gasteiger partial charge on any atom is -0.489 e. The molecule has 3 rings (SSSR count). The van der Waals surface area contributed by atoms with Gasteiger partial charge in [-0.2, -0.15) is 0 Å². The van der Waals surface area contributed by atoms with Gasteiger partial charge in [-0.15, -0.1) is 0 Å². The molecular formula is C12H10O2. The normalized spacial score (nSPS) is 19.0. The van der Waals surface area contributed by atoms with E-state index < -0.39 is 0 Å². The molecule has 2 heteroatoms. The second-order valence-corrected chi connectivity index (χ2v) is 3.76. The molecule has 0 spiro atoms. The zero-order chi connectivity index (χ0) is 9.54. The molecule has 0 saturated carbocycles. The topological polar surface area (TPSA) is 26.3 Å². The van der Waals surface area contributed by atoms with Gasteiger partial charge in [0.15, 0.2) is 0 Å². The summed E-state index contributed by atoms with van der Waals surface area (Å²) in [5.41, 5.74) is 3.49. The van der Waals surface area contributed by atoms with Crippen LogP contribution in [0.25, 0.3) is 5.57 Å². The largest absolute Gasteiger partial charge is 0.489 e. The highest BCUT2D eigenvalue weighted by Gasteiger charge is 2.27. The van der Waals surface area contributed by atoms with Crippen LogP contribution in [0.3, 0.4) is 0 Å². The molecule has 0 N–H and O–H groups in total. The lowest BCUT2D eigenvalue weighted by molar-refractivity contribution is -0.116. The SMILES string of the molecule is O=C1CC2=C(C1)c1ccccc1OC2. The van der Waals surface area contributed by atoms with E-state index in [4.69, 9.17) is 4.74 Å². The Balaban J connectivity index is 2.15. The second kappa shape index (κ2) is 2.71. The molecule has 0 unspecified atom stereocenters. The van der Waals surface area contributed by atoms with Crippen LogP contribution in [0, 0.1) is 0 Å². The van der Waals surface area contributed by atoms with Gasteiger partial charge in [-0.25, -0.2) is 0 Å². The first-order valence-electron chi connectivity index (χ1n) is 4.79. The lowest BCUT2D eigenvalue weighted by Crippen LogP contribution is -2.07. The average molecular weight is 186 g/mol. The van der Waals surface area contributed by atoms with Crippen molar-refractivity contribution in [3.63, 3.8) is 0 Å². The number of fused-ring (bicyclic) bond motifs is 2. The fourth-order valence-electron chi connectivity index (χ4n) is 2.16. The summed E-state index contributed by atoms with van der Waals surface area (Å²) in [6, 6.07) is 7.94. The van der Waals surface area contributed by atoms with Gasteiger partial charge in [-0.1, -0.05) is 18.2 Å². The first-order valence-corrected chi connectivity index (χ1v) is 4.79. The highest BCUT2D eigenvalue weighted by atomic mass is 16.5. The number of carbonyl (C=O) groups is 1. The molecule has 0 atom stereocenters. The number of para-hydroxylation sites is 1. The minimum absolute atomic E-state index is 0.315. The smallest absolute Gasteiger partial charge is 0.141 e. The van der Waals surface area contributed by atoms with E-state index in [-0.39, 0.29) is 0 Å². The number of ketones is 1. The molecule has 0 aromatic heterocycles. The van der Waals surface area contributed by atoms with Gasteiger partial charge in [0.25, 0.3) is 0 Å². The van der Waals surface area contributed by atoms with E-state index in [0.29, 0.717) is 25.2 Å². The lowest BCUT2D eigenvalue weighted by Gasteiger charge is -2.18. The Bertz CT molecular complexity index is 443. The summed E-state index contributed by atoms with van der Waals surface area (Å²) in [4.78, 5) is 11.3. The number of hydrogen-bond donors (Lipinski definition) is 0.